The summed E-state index contributed by atoms with van der Waals surface area (Å²) in [7, 11) is 0. The number of nitrogens with one attached hydrogen (secondary N) is 1. The maximum absolute atomic E-state index is 13.2. The van der Waals surface area contributed by atoms with Gasteiger partial charge in [0.15, 0.2) is 0 Å². The summed E-state index contributed by atoms with van der Waals surface area (Å²) in [5, 5.41) is 15.1. The van der Waals surface area contributed by atoms with Crippen LogP contribution in [0, 0.1) is 5.82 Å². The summed E-state index contributed by atoms with van der Waals surface area (Å²) in [6.07, 6.45) is 1.19. The Morgan fingerprint density at radius 2 is 2.33 bits per heavy atom. The highest BCUT2D eigenvalue weighted by atomic mass is 79.9. The normalized spacial score (nSPS) is 12.1. The number of halogens is 2. The Labute approximate surface area is 93.6 Å². The molecule has 0 aliphatic carbocycles. The molecule has 0 fully saturated rings. The first-order valence-corrected chi connectivity index (χ1v) is 4.64. The smallest absolute Gasteiger partial charge is 0.237 e. The lowest BCUT2D eigenvalue weighted by atomic mass is 10.2. The third-order valence-corrected chi connectivity index (χ3v) is 1.93. The van der Waals surface area contributed by atoms with Crippen LogP contribution < -0.4 is 11.2 Å². The van der Waals surface area contributed by atoms with Gasteiger partial charge in [-0.2, -0.15) is 5.10 Å². The van der Waals surface area contributed by atoms with E-state index >= 15 is 0 Å². The SMILES string of the molecule is N/C(=N\N=C\c1ccc(Br)cc1F)NO. The van der Waals surface area contributed by atoms with Gasteiger partial charge in [-0.25, -0.2) is 9.87 Å². The van der Waals surface area contributed by atoms with E-state index < -0.39 is 5.82 Å². The molecule has 0 saturated carbocycles. The molecule has 1 aromatic carbocycles. The standard InChI is InChI=1S/C8H8BrFN4O/c9-6-2-1-5(7(10)3-6)4-12-13-8(11)14-15/h1-4,15H,(H3,11,13,14)/b12-4+. The van der Waals surface area contributed by atoms with E-state index in [1.165, 1.54) is 18.3 Å². The first-order valence-electron chi connectivity index (χ1n) is 3.85. The van der Waals surface area contributed by atoms with Gasteiger partial charge in [0.1, 0.15) is 5.82 Å². The molecule has 0 aliphatic heterocycles. The molecule has 0 amide bonds. The van der Waals surface area contributed by atoms with E-state index in [9.17, 15) is 4.39 Å². The molecule has 1 rings (SSSR count). The molecule has 0 spiro atoms. The number of guanidine groups is 1. The molecular weight excluding hydrogens is 267 g/mol. The van der Waals surface area contributed by atoms with Crippen LogP contribution in [-0.4, -0.2) is 17.4 Å². The lowest BCUT2D eigenvalue weighted by Crippen LogP contribution is -2.27. The maximum Gasteiger partial charge on any atom is 0.237 e. The van der Waals surface area contributed by atoms with Gasteiger partial charge in [0.2, 0.25) is 5.96 Å². The quantitative estimate of drug-likeness (QED) is 0.431. The van der Waals surface area contributed by atoms with Crippen molar-refractivity contribution in [3.05, 3.63) is 34.1 Å². The van der Waals surface area contributed by atoms with E-state index in [1.54, 1.807) is 11.5 Å². The van der Waals surface area contributed by atoms with Crippen LogP contribution in [0.4, 0.5) is 4.39 Å². The number of benzene rings is 1. The lowest BCUT2D eigenvalue weighted by Gasteiger charge is -1.96. The summed E-state index contributed by atoms with van der Waals surface area (Å²) in [6, 6.07) is 4.50. The van der Waals surface area contributed by atoms with Crippen LogP contribution in [-0.2, 0) is 0 Å². The van der Waals surface area contributed by atoms with Crippen LogP contribution >= 0.6 is 15.9 Å². The number of nitrogens with zero attached hydrogens (tertiary/aromatic N) is 2. The Bertz CT molecular complexity index is 408. The second-order valence-electron chi connectivity index (χ2n) is 2.51. The van der Waals surface area contributed by atoms with Crippen molar-refractivity contribution >= 4 is 28.1 Å². The van der Waals surface area contributed by atoms with E-state index in [4.69, 9.17) is 10.9 Å². The molecule has 0 atom stereocenters. The molecule has 0 saturated heterocycles. The molecular formula is C8H8BrFN4O. The second-order valence-corrected chi connectivity index (χ2v) is 3.42. The van der Waals surface area contributed by atoms with Crippen molar-refractivity contribution in [3.63, 3.8) is 0 Å². The van der Waals surface area contributed by atoms with Crippen molar-refractivity contribution in [1.29, 1.82) is 0 Å². The Balaban J connectivity index is 2.81. The van der Waals surface area contributed by atoms with E-state index in [2.05, 4.69) is 26.1 Å². The Morgan fingerprint density at radius 1 is 1.60 bits per heavy atom. The van der Waals surface area contributed by atoms with Gasteiger partial charge in [-0.05, 0) is 18.2 Å². The number of rotatable bonds is 2. The van der Waals surface area contributed by atoms with Crippen molar-refractivity contribution in [2.75, 3.05) is 0 Å². The van der Waals surface area contributed by atoms with Crippen LogP contribution in [0.5, 0.6) is 0 Å². The molecule has 0 radical (unpaired) electrons. The highest BCUT2D eigenvalue weighted by Crippen LogP contribution is 2.13. The first-order chi connectivity index (χ1) is 7.13. The number of hydrogen-bond donors (Lipinski definition) is 3. The summed E-state index contributed by atoms with van der Waals surface area (Å²) in [5.74, 6) is -0.706. The van der Waals surface area contributed by atoms with Crippen molar-refractivity contribution in [1.82, 2.24) is 5.48 Å². The summed E-state index contributed by atoms with van der Waals surface area (Å²) < 4.78 is 13.8. The average Bonchev–Trinajstić information content (AvgIpc) is 2.21. The van der Waals surface area contributed by atoms with Crippen molar-refractivity contribution < 1.29 is 9.60 Å². The fraction of sp³-hybridized carbons (Fsp3) is 0. The van der Waals surface area contributed by atoms with Crippen molar-refractivity contribution in [2.45, 2.75) is 0 Å². The van der Waals surface area contributed by atoms with Crippen LogP contribution in [0.25, 0.3) is 0 Å². The van der Waals surface area contributed by atoms with Crippen LogP contribution in [0.15, 0.2) is 32.9 Å². The molecule has 1 aromatic rings. The highest BCUT2D eigenvalue weighted by Gasteiger charge is 1.98. The Hall–Kier alpha value is -1.47. The van der Waals surface area contributed by atoms with Crippen LogP contribution in [0.1, 0.15) is 5.56 Å². The maximum atomic E-state index is 13.2. The topological polar surface area (TPSA) is 83.0 Å². The van der Waals surface area contributed by atoms with Crippen molar-refractivity contribution in [3.8, 4) is 0 Å². The third-order valence-electron chi connectivity index (χ3n) is 1.44. The first kappa shape index (κ1) is 11.6. The van der Waals surface area contributed by atoms with E-state index in [0.717, 1.165) is 0 Å². The molecule has 5 nitrogen and oxygen atoms in total. The molecule has 0 heterocycles. The summed E-state index contributed by atoms with van der Waals surface area (Å²) in [4.78, 5) is 0. The molecule has 0 aromatic heterocycles. The van der Waals surface area contributed by atoms with Gasteiger partial charge in [0, 0.05) is 10.0 Å². The summed E-state index contributed by atoms with van der Waals surface area (Å²) in [6.45, 7) is 0. The highest BCUT2D eigenvalue weighted by molar-refractivity contribution is 9.10. The summed E-state index contributed by atoms with van der Waals surface area (Å²) >= 11 is 3.12. The van der Waals surface area contributed by atoms with Gasteiger partial charge in [-0.3, -0.25) is 5.21 Å². The van der Waals surface area contributed by atoms with E-state index in [1.807, 2.05) is 0 Å². The van der Waals surface area contributed by atoms with Gasteiger partial charge >= 0.3 is 0 Å². The minimum absolute atomic E-state index is 0.271. The van der Waals surface area contributed by atoms with Gasteiger partial charge in [0.05, 0.1) is 6.21 Å². The average molecular weight is 275 g/mol. The van der Waals surface area contributed by atoms with Crippen LogP contribution in [0.2, 0.25) is 0 Å². The largest absolute Gasteiger partial charge is 0.367 e. The zero-order valence-corrected chi connectivity index (χ0v) is 9.07. The fourth-order valence-electron chi connectivity index (χ4n) is 0.782. The zero-order chi connectivity index (χ0) is 11.3. The fourth-order valence-corrected chi connectivity index (χ4v) is 1.11. The molecule has 0 unspecified atom stereocenters. The van der Waals surface area contributed by atoms with E-state index in [0.29, 0.717) is 4.47 Å². The molecule has 15 heavy (non-hydrogen) atoms. The number of nitrogens with two attached hydrogens (primary N) is 1. The molecule has 4 N–H and O–H groups in total. The second kappa shape index (κ2) is 5.42. The predicted molar refractivity (Wildman–Crippen MR) is 58.2 cm³/mol. The Morgan fingerprint density at radius 3 is 2.93 bits per heavy atom. The minimum atomic E-state index is -0.432. The number of hydrogen-bond acceptors (Lipinski definition) is 3. The van der Waals surface area contributed by atoms with Crippen molar-refractivity contribution in [2.24, 2.45) is 15.9 Å². The lowest BCUT2D eigenvalue weighted by molar-refractivity contribution is 0.232. The summed E-state index contributed by atoms with van der Waals surface area (Å²) in [5.41, 5.74) is 6.93. The van der Waals surface area contributed by atoms with Gasteiger partial charge in [0.25, 0.3) is 0 Å². The van der Waals surface area contributed by atoms with Gasteiger partial charge in [-0.15, -0.1) is 5.10 Å². The molecule has 7 heteroatoms. The predicted octanol–water partition coefficient (Wildman–Crippen LogP) is 1.22. The van der Waals surface area contributed by atoms with Gasteiger partial charge < -0.3 is 5.73 Å². The molecule has 0 bridgehead atoms. The van der Waals surface area contributed by atoms with Gasteiger partial charge in [-0.1, -0.05) is 15.9 Å². The number of hydroxylamine groups is 1. The van der Waals surface area contributed by atoms with E-state index in [-0.39, 0.29) is 11.5 Å². The Kier molecular flexibility index (Phi) is 4.19. The third kappa shape index (κ3) is 3.64. The monoisotopic (exact) mass is 274 g/mol. The molecule has 80 valence electrons. The van der Waals surface area contributed by atoms with Crippen LogP contribution in [0.3, 0.4) is 0 Å². The minimum Gasteiger partial charge on any atom is -0.367 e. The zero-order valence-electron chi connectivity index (χ0n) is 7.48. The molecule has 0 aliphatic rings.